The number of nitrogens with one attached hydrogen (secondary N) is 1. The van der Waals surface area contributed by atoms with E-state index in [2.05, 4.69) is 15.4 Å². The fourth-order valence-electron chi connectivity index (χ4n) is 2.04. The molecule has 3 aromatic rings. The van der Waals surface area contributed by atoms with Crippen LogP contribution in [-0.4, -0.2) is 20.7 Å². The molecular formula is C16H14N4O. The number of hydrogen-bond donors (Lipinski definition) is 1. The predicted molar refractivity (Wildman–Crippen MR) is 79.0 cm³/mol. The zero-order valence-corrected chi connectivity index (χ0v) is 11.3. The van der Waals surface area contributed by atoms with Gasteiger partial charge in [0.2, 0.25) is 0 Å². The average molecular weight is 278 g/mol. The minimum Gasteiger partial charge on any atom is -0.348 e. The number of carbonyl (C=O) groups excluding carboxylic acids is 1. The minimum atomic E-state index is -0.106. The van der Waals surface area contributed by atoms with E-state index in [1.807, 2.05) is 42.6 Å². The maximum Gasteiger partial charge on any atom is 0.251 e. The average Bonchev–Trinajstić information content (AvgIpc) is 3.08. The van der Waals surface area contributed by atoms with Crippen LogP contribution in [0.1, 0.15) is 15.9 Å². The molecule has 2 heterocycles. The number of pyridine rings is 1. The summed E-state index contributed by atoms with van der Waals surface area (Å²) in [5.74, 6) is 0.613. The van der Waals surface area contributed by atoms with Crippen molar-refractivity contribution in [1.82, 2.24) is 20.1 Å². The van der Waals surface area contributed by atoms with E-state index in [0.717, 1.165) is 11.4 Å². The van der Waals surface area contributed by atoms with Gasteiger partial charge in [-0.15, -0.1) is 0 Å². The number of benzene rings is 1. The molecule has 0 spiro atoms. The first-order valence-electron chi connectivity index (χ1n) is 6.62. The van der Waals surface area contributed by atoms with Gasteiger partial charge >= 0.3 is 0 Å². The fourth-order valence-corrected chi connectivity index (χ4v) is 2.04. The zero-order chi connectivity index (χ0) is 14.5. The molecular weight excluding hydrogens is 264 g/mol. The lowest BCUT2D eigenvalue weighted by Gasteiger charge is -2.09. The van der Waals surface area contributed by atoms with Crippen molar-refractivity contribution >= 4 is 5.91 Å². The Morgan fingerprint density at radius 3 is 2.67 bits per heavy atom. The molecule has 5 nitrogen and oxygen atoms in total. The molecule has 21 heavy (non-hydrogen) atoms. The molecule has 104 valence electrons. The van der Waals surface area contributed by atoms with Crippen molar-refractivity contribution in [3.8, 4) is 5.82 Å². The van der Waals surface area contributed by atoms with Crippen molar-refractivity contribution in [2.24, 2.45) is 0 Å². The van der Waals surface area contributed by atoms with E-state index in [1.165, 1.54) is 0 Å². The Morgan fingerprint density at radius 2 is 1.90 bits per heavy atom. The number of nitrogens with zero attached hydrogens (tertiary/aromatic N) is 3. The largest absolute Gasteiger partial charge is 0.348 e. The Balaban J connectivity index is 1.76. The quantitative estimate of drug-likeness (QED) is 0.796. The van der Waals surface area contributed by atoms with Crippen LogP contribution in [0.25, 0.3) is 5.82 Å². The molecule has 3 rings (SSSR count). The van der Waals surface area contributed by atoms with E-state index in [4.69, 9.17) is 0 Å². The molecule has 0 saturated heterocycles. The smallest absolute Gasteiger partial charge is 0.251 e. The lowest BCUT2D eigenvalue weighted by atomic mass is 10.2. The summed E-state index contributed by atoms with van der Waals surface area (Å²) in [6.45, 7) is 0.400. The molecule has 0 radical (unpaired) electrons. The molecule has 5 heteroatoms. The summed E-state index contributed by atoms with van der Waals surface area (Å²) in [4.78, 5) is 16.4. The molecule has 0 aliphatic heterocycles. The van der Waals surface area contributed by atoms with Crippen LogP contribution >= 0.6 is 0 Å². The van der Waals surface area contributed by atoms with Crippen molar-refractivity contribution in [3.05, 3.63) is 78.2 Å². The van der Waals surface area contributed by atoms with E-state index in [-0.39, 0.29) is 5.91 Å². The van der Waals surface area contributed by atoms with Gasteiger partial charge in [0.05, 0.1) is 0 Å². The van der Waals surface area contributed by atoms with Gasteiger partial charge in [-0.1, -0.05) is 24.3 Å². The molecule has 0 unspecified atom stereocenters. The van der Waals surface area contributed by atoms with Crippen molar-refractivity contribution < 1.29 is 4.79 Å². The summed E-state index contributed by atoms with van der Waals surface area (Å²) in [6, 6.07) is 14.7. The molecule has 0 atom stereocenters. The Kier molecular flexibility index (Phi) is 3.73. The second-order valence-electron chi connectivity index (χ2n) is 4.49. The predicted octanol–water partition coefficient (Wildman–Crippen LogP) is 2.20. The third-order valence-electron chi connectivity index (χ3n) is 3.06. The molecule has 2 aromatic heterocycles. The first-order chi connectivity index (χ1) is 10.3. The number of carbonyl (C=O) groups is 1. The van der Waals surface area contributed by atoms with Crippen molar-refractivity contribution in [1.29, 1.82) is 0 Å². The molecule has 0 fully saturated rings. The van der Waals surface area contributed by atoms with Crippen LogP contribution < -0.4 is 5.32 Å². The van der Waals surface area contributed by atoms with Crippen LogP contribution in [0.4, 0.5) is 0 Å². The van der Waals surface area contributed by atoms with Crippen LogP contribution in [-0.2, 0) is 6.54 Å². The van der Waals surface area contributed by atoms with E-state index >= 15 is 0 Å². The standard InChI is InChI=1S/C16H14N4O/c21-16(13-6-2-1-3-7-13)18-12-14-8-4-9-17-15(14)20-11-5-10-19-20/h1-11H,12H2,(H,18,21). The first kappa shape index (κ1) is 13.1. The van der Waals surface area contributed by atoms with Gasteiger partial charge in [0.1, 0.15) is 0 Å². The molecule has 1 amide bonds. The van der Waals surface area contributed by atoms with E-state index < -0.39 is 0 Å². The third kappa shape index (κ3) is 2.97. The highest BCUT2D eigenvalue weighted by Gasteiger charge is 2.08. The number of hydrogen-bond acceptors (Lipinski definition) is 3. The van der Waals surface area contributed by atoms with Crippen LogP contribution in [0.2, 0.25) is 0 Å². The third-order valence-corrected chi connectivity index (χ3v) is 3.06. The second-order valence-corrected chi connectivity index (χ2v) is 4.49. The lowest BCUT2D eigenvalue weighted by Crippen LogP contribution is -2.23. The monoisotopic (exact) mass is 278 g/mol. The molecule has 0 aliphatic carbocycles. The number of rotatable bonds is 4. The summed E-state index contributed by atoms with van der Waals surface area (Å²) in [7, 11) is 0. The van der Waals surface area contributed by atoms with Gasteiger partial charge in [-0.05, 0) is 24.3 Å². The van der Waals surface area contributed by atoms with Crippen LogP contribution in [0, 0.1) is 0 Å². The summed E-state index contributed by atoms with van der Waals surface area (Å²) in [6.07, 6.45) is 5.23. The van der Waals surface area contributed by atoms with E-state index in [0.29, 0.717) is 12.1 Å². The maximum atomic E-state index is 12.1. The Morgan fingerprint density at radius 1 is 1.05 bits per heavy atom. The molecule has 1 aromatic carbocycles. The first-order valence-corrected chi connectivity index (χ1v) is 6.62. The minimum absolute atomic E-state index is 0.106. The van der Waals surface area contributed by atoms with Gasteiger partial charge in [0, 0.05) is 36.3 Å². The van der Waals surface area contributed by atoms with Gasteiger partial charge in [0.25, 0.3) is 5.91 Å². The Hall–Kier alpha value is -2.95. The summed E-state index contributed by atoms with van der Waals surface area (Å²) >= 11 is 0. The topological polar surface area (TPSA) is 59.8 Å². The summed E-state index contributed by atoms with van der Waals surface area (Å²) in [5.41, 5.74) is 1.55. The van der Waals surface area contributed by atoms with Gasteiger partial charge in [-0.2, -0.15) is 5.10 Å². The van der Waals surface area contributed by atoms with Gasteiger partial charge < -0.3 is 5.32 Å². The van der Waals surface area contributed by atoms with Crippen molar-refractivity contribution in [3.63, 3.8) is 0 Å². The molecule has 0 saturated carbocycles. The normalized spacial score (nSPS) is 10.3. The van der Waals surface area contributed by atoms with Crippen LogP contribution in [0.3, 0.4) is 0 Å². The maximum absolute atomic E-state index is 12.1. The van der Waals surface area contributed by atoms with Gasteiger partial charge in [-0.25, -0.2) is 9.67 Å². The van der Waals surface area contributed by atoms with Crippen molar-refractivity contribution in [2.75, 3.05) is 0 Å². The summed E-state index contributed by atoms with van der Waals surface area (Å²) in [5, 5.41) is 7.07. The lowest BCUT2D eigenvalue weighted by molar-refractivity contribution is 0.0951. The Labute approximate surface area is 122 Å². The zero-order valence-electron chi connectivity index (χ0n) is 11.3. The number of aromatic nitrogens is 3. The SMILES string of the molecule is O=C(NCc1cccnc1-n1cccn1)c1ccccc1. The highest BCUT2D eigenvalue weighted by molar-refractivity contribution is 5.94. The van der Waals surface area contributed by atoms with Crippen molar-refractivity contribution in [2.45, 2.75) is 6.54 Å². The second kappa shape index (κ2) is 6.00. The Bertz CT molecular complexity index is 723. The van der Waals surface area contributed by atoms with E-state index in [9.17, 15) is 4.79 Å². The van der Waals surface area contributed by atoms with Gasteiger partial charge in [0.15, 0.2) is 5.82 Å². The molecule has 0 bridgehead atoms. The summed E-state index contributed by atoms with van der Waals surface area (Å²) < 4.78 is 1.68. The number of amides is 1. The van der Waals surface area contributed by atoms with E-state index in [1.54, 1.807) is 29.2 Å². The van der Waals surface area contributed by atoms with Crippen LogP contribution in [0.15, 0.2) is 67.1 Å². The highest BCUT2D eigenvalue weighted by atomic mass is 16.1. The molecule has 0 aliphatic rings. The van der Waals surface area contributed by atoms with Gasteiger partial charge in [-0.3, -0.25) is 4.79 Å². The fraction of sp³-hybridized carbons (Fsp3) is 0.0625. The highest BCUT2D eigenvalue weighted by Crippen LogP contribution is 2.10. The van der Waals surface area contributed by atoms with Crippen LogP contribution in [0.5, 0.6) is 0 Å². The molecule has 1 N–H and O–H groups in total.